The molecule has 0 bridgehead atoms. The van der Waals surface area contributed by atoms with Crippen LogP contribution in [0.15, 0.2) is 28.7 Å². The number of nitrogens with one attached hydrogen (secondary N) is 1. The molecule has 0 fully saturated rings. The van der Waals surface area contributed by atoms with Crippen molar-refractivity contribution in [1.82, 2.24) is 5.43 Å². The van der Waals surface area contributed by atoms with Crippen molar-refractivity contribution in [3.8, 4) is 0 Å². The van der Waals surface area contributed by atoms with E-state index in [2.05, 4.69) is 10.5 Å². The van der Waals surface area contributed by atoms with Crippen molar-refractivity contribution in [3.63, 3.8) is 0 Å². The SMILES string of the molecule is Cc1cc(C(=O)N/N=C/c2ccc(C)s2)cs1. The Bertz CT molecular complexity index is 554. The maximum Gasteiger partial charge on any atom is 0.272 e. The quantitative estimate of drug-likeness (QED) is 0.671. The van der Waals surface area contributed by atoms with Crippen molar-refractivity contribution in [3.05, 3.63) is 43.8 Å². The molecule has 1 amide bonds. The summed E-state index contributed by atoms with van der Waals surface area (Å²) in [6.45, 7) is 4.01. The van der Waals surface area contributed by atoms with E-state index in [1.54, 1.807) is 28.9 Å². The van der Waals surface area contributed by atoms with Crippen molar-refractivity contribution in [2.24, 2.45) is 5.10 Å². The minimum absolute atomic E-state index is 0.168. The van der Waals surface area contributed by atoms with E-state index in [1.807, 2.05) is 37.4 Å². The Hall–Kier alpha value is -1.46. The van der Waals surface area contributed by atoms with Crippen molar-refractivity contribution < 1.29 is 4.79 Å². The van der Waals surface area contributed by atoms with Gasteiger partial charge in [-0.1, -0.05) is 0 Å². The smallest absolute Gasteiger partial charge is 0.267 e. The van der Waals surface area contributed by atoms with Crippen molar-refractivity contribution in [2.45, 2.75) is 13.8 Å². The molecule has 2 heterocycles. The highest BCUT2D eigenvalue weighted by Crippen LogP contribution is 2.13. The van der Waals surface area contributed by atoms with Crippen LogP contribution in [0.1, 0.15) is 25.0 Å². The lowest BCUT2D eigenvalue weighted by molar-refractivity contribution is 0.0955. The summed E-state index contributed by atoms with van der Waals surface area (Å²) in [4.78, 5) is 15.0. The number of hydrogen-bond donors (Lipinski definition) is 1. The first-order chi connectivity index (χ1) is 8.15. The lowest BCUT2D eigenvalue weighted by Gasteiger charge is -1.94. The third kappa shape index (κ3) is 3.25. The summed E-state index contributed by atoms with van der Waals surface area (Å²) in [5, 5.41) is 5.76. The summed E-state index contributed by atoms with van der Waals surface area (Å²) in [6.07, 6.45) is 1.66. The zero-order valence-electron chi connectivity index (χ0n) is 9.56. The van der Waals surface area contributed by atoms with Gasteiger partial charge in [0.1, 0.15) is 0 Å². The number of nitrogens with zero attached hydrogens (tertiary/aromatic N) is 1. The number of carbonyl (C=O) groups excluding carboxylic acids is 1. The van der Waals surface area contributed by atoms with E-state index >= 15 is 0 Å². The molecule has 2 aromatic rings. The van der Waals surface area contributed by atoms with E-state index in [-0.39, 0.29) is 5.91 Å². The van der Waals surface area contributed by atoms with Gasteiger partial charge in [0.2, 0.25) is 0 Å². The fourth-order valence-corrected chi connectivity index (χ4v) is 2.74. The van der Waals surface area contributed by atoms with Gasteiger partial charge in [0.15, 0.2) is 0 Å². The topological polar surface area (TPSA) is 41.5 Å². The molecule has 0 unspecified atom stereocenters. The Kier molecular flexibility index (Phi) is 3.71. The average Bonchev–Trinajstić information content (AvgIpc) is 2.88. The fourth-order valence-electron chi connectivity index (χ4n) is 1.30. The number of aryl methyl sites for hydroxylation is 2. The zero-order valence-corrected chi connectivity index (χ0v) is 11.2. The largest absolute Gasteiger partial charge is 0.272 e. The summed E-state index contributed by atoms with van der Waals surface area (Å²) in [5.74, 6) is -0.168. The standard InChI is InChI=1S/C12H12N2OS2/c1-8-3-4-11(17-8)6-13-14-12(15)10-5-9(2)16-7-10/h3-7H,1-2H3,(H,14,15)/b13-6+. The average molecular weight is 264 g/mol. The molecule has 0 aromatic carbocycles. The van der Waals surface area contributed by atoms with Crippen LogP contribution in [0.25, 0.3) is 0 Å². The molecule has 0 radical (unpaired) electrons. The first kappa shape index (κ1) is 12.0. The van der Waals surface area contributed by atoms with Gasteiger partial charge in [0, 0.05) is 20.0 Å². The van der Waals surface area contributed by atoms with Crippen LogP contribution in [0.3, 0.4) is 0 Å². The normalized spacial score (nSPS) is 10.9. The molecule has 0 saturated heterocycles. The van der Waals surface area contributed by atoms with Crippen molar-refractivity contribution in [1.29, 1.82) is 0 Å². The summed E-state index contributed by atoms with van der Waals surface area (Å²) in [7, 11) is 0. The highest BCUT2D eigenvalue weighted by molar-refractivity contribution is 7.13. The number of hydrogen-bond acceptors (Lipinski definition) is 4. The van der Waals surface area contributed by atoms with E-state index in [0.717, 1.165) is 9.75 Å². The first-order valence-electron chi connectivity index (χ1n) is 5.10. The molecule has 2 rings (SSSR count). The third-order valence-electron chi connectivity index (χ3n) is 2.11. The van der Waals surface area contributed by atoms with Crippen LogP contribution >= 0.6 is 22.7 Å². The van der Waals surface area contributed by atoms with Gasteiger partial charge >= 0.3 is 0 Å². The lowest BCUT2D eigenvalue weighted by atomic mass is 10.3. The van der Waals surface area contributed by atoms with Crippen LogP contribution in [0.4, 0.5) is 0 Å². The van der Waals surface area contributed by atoms with Gasteiger partial charge < -0.3 is 0 Å². The molecule has 0 aliphatic rings. The Morgan fingerprint density at radius 1 is 1.35 bits per heavy atom. The molecule has 1 N–H and O–H groups in total. The maximum absolute atomic E-state index is 11.6. The minimum Gasteiger partial charge on any atom is -0.267 e. The van der Waals surface area contributed by atoms with Crippen LogP contribution in [0, 0.1) is 13.8 Å². The van der Waals surface area contributed by atoms with E-state index < -0.39 is 0 Å². The van der Waals surface area contributed by atoms with Gasteiger partial charge in [0.25, 0.3) is 5.91 Å². The van der Waals surface area contributed by atoms with E-state index in [4.69, 9.17) is 0 Å². The van der Waals surface area contributed by atoms with Crippen LogP contribution in [0.5, 0.6) is 0 Å². The van der Waals surface area contributed by atoms with Crippen LogP contribution in [-0.4, -0.2) is 12.1 Å². The Morgan fingerprint density at radius 2 is 2.18 bits per heavy atom. The zero-order chi connectivity index (χ0) is 12.3. The Labute approximate surface area is 108 Å². The number of hydrazone groups is 1. The fraction of sp³-hybridized carbons (Fsp3) is 0.167. The molecule has 3 nitrogen and oxygen atoms in total. The van der Waals surface area contributed by atoms with Crippen molar-refractivity contribution in [2.75, 3.05) is 0 Å². The van der Waals surface area contributed by atoms with E-state index in [1.165, 1.54) is 4.88 Å². The number of rotatable bonds is 3. The van der Waals surface area contributed by atoms with Crippen molar-refractivity contribution >= 4 is 34.8 Å². The molecule has 0 aliphatic carbocycles. The molecule has 17 heavy (non-hydrogen) atoms. The second-order valence-electron chi connectivity index (χ2n) is 3.59. The minimum atomic E-state index is -0.168. The summed E-state index contributed by atoms with van der Waals surface area (Å²) >= 11 is 3.20. The van der Waals surface area contributed by atoms with Gasteiger partial charge in [0.05, 0.1) is 11.8 Å². The van der Waals surface area contributed by atoms with Gasteiger partial charge in [-0.15, -0.1) is 22.7 Å². The number of carbonyl (C=O) groups is 1. The van der Waals surface area contributed by atoms with Crippen LogP contribution in [-0.2, 0) is 0 Å². The highest BCUT2D eigenvalue weighted by atomic mass is 32.1. The molecule has 0 spiro atoms. The molecule has 5 heteroatoms. The third-order valence-corrected chi connectivity index (χ3v) is 3.91. The second-order valence-corrected chi connectivity index (χ2v) is 6.03. The van der Waals surface area contributed by atoms with E-state index in [9.17, 15) is 4.79 Å². The predicted octanol–water partition coefficient (Wildman–Crippen LogP) is 3.19. The summed E-state index contributed by atoms with van der Waals surface area (Å²) in [5.41, 5.74) is 3.17. The second kappa shape index (κ2) is 5.25. The van der Waals surface area contributed by atoms with Crippen LogP contribution < -0.4 is 5.43 Å². The molecular weight excluding hydrogens is 252 g/mol. The lowest BCUT2D eigenvalue weighted by Crippen LogP contribution is -2.16. The van der Waals surface area contributed by atoms with E-state index in [0.29, 0.717) is 5.56 Å². The predicted molar refractivity (Wildman–Crippen MR) is 73.2 cm³/mol. The maximum atomic E-state index is 11.6. The monoisotopic (exact) mass is 264 g/mol. The van der Waals surface area contributed by atoms with Gasteiger partial charge in [-0.05, 0) is 32.0 Å². The molecule has 0 aliphatic heterocycles. The number of amides is 1. The Morgan fingerprint density at radius 3 is 2.76 bits per heavy atom. The molecule has 0 atom stereocenters. The Balaban J connectivity index is 1.94. The summed E-state index contributed by atoms with van der Waals surface area (Å²) < 4.78 is 0. The first-order valence-corrected chi connectivity index (χ1v) is 6.80. The van der Waals surface area contributed by atoms with Gasteiger partial charge in [-0.25, -0.2) is 5.43 Å². The molecule has 0 saturated carbocycles. The summed E-state index contributed by atoms with van der Waals surface area (Å²) in [6, 6.07) is 5.85. The molecular formula is C12H12N2OS2. The highest BCUT2D eigenvalue weighted by Gasteiger charge is 2.05. The number of thiophene rings is 2. The van der Waals surface area contributed by atoms with Gasteiger partial charge in [-0.2, -0.15) is 5.10 Å². The van der Waals surface area contributed by atoms with Crippen LogP contribution in [0.2, 0.25) is 0 Å². The van der Waals surface area contributed by atoms with Gasteiger partial charge in [-0.3, -0.25) is 4.79 Å². The molecule has 2 aromatic heterocycles. The molecule has 88 valence electrons.